The summed E-state index contributed by atoms with van der Waals surface area (Å²) >= 11 is 0. The van der Waals surface area contributed by atoms with E-state index in [1.165, 1.54) is 10.9 Å². The van der Waals surface area contributed by atoms with Gasteiger partial charge >= 0.3 is 6.09 Å². The summed E-state index contributed by atoms with van der Waals surface area (Å²) in [5, 5.41) is 4.03. The van der Waals surface area contributed by atoms with E-state index >= 15 is 0 Å². The fourth-order valence-electron chi connectivity index (χ4n) is 3.48. The first-order chi connectivity index (χ1) is 14.6. The highest BCUT2D eigenvalue weighted by Gasteiger charge is 2.18. The van der Waals surface area contributed by atoms with Crippen LogP contribution in [0.5, 0.6) is 5.75 Å². The van der Waals surface area contributed by atoms with Gasteiger partial charge in [-0.05, 0) is 57.7 Å². The van der Waals surface area contributed by atoms with Crippen molar-refractivity contribution < 1.29 is 14.3 Å². The highest BCUT2D eigenvalue weighted by molar-refractivity contribution is 5.96. The summed E-state index contributed by atoms with van der Waals surface area (Å²) in [4.78, 5) is 11.9. The van der Waals surface area contributed by atoms with E-state index in [0.717, 1.165) is 41.9 Å². The number of carbonyl (C=O) groups excluding carboxylic acids is 1. The van der Waals surface area contributed by atoms with E-state index in [1.807, 2.05) is 33.8 Å². The highest BCUT2D eigenvalue weighted by atomic mass is 16.6. The average molecular weight is 427 g/mol. The Kier molecular flexibility index (Phi) is 8.37. The van der Waals surface area contributed by atoms with Gasteiger partial charge in [0, 0.05) is 30.1 Å². The molecule has 0 aliphatic heterocycles. The molecular weight excluding hydrogens is 388 g/mol. The molecule has 0 saturated carbocycles. The second kappa shape index (κ2) is 10.6. The van der Waals surface area contributed by atoms with Gasteiger partial charge in [-0.25, -0.2) is 4.79 Å². The second-order valence-electron chi connectivity index (χ2n) is 9.10. The molecular formula is C26H38N2O3. The number of allylic oxidation sites excluding steroid dienone is 2. The van der Waals surface area contributed by atoms with E-state index in [-0.39, 0.29) is 6.09 Å². The number of alkyl carbamates (subject to hydrolysis) is 1. The molecule has 31 heavy (non-hydrogen) atoms. The van der Waals surface area contributed by atoms with Gasteiger partial charge in [0.1, 0.15) is 11.4 Å². The molecule has 0 radical (unpaired) electrons. The zero-order valence-corrected chi connectivity index (χ0v) is 20.2. The molecule has 0 aliphatic carbocycles. The van der Waals surface area contributed by atoms with E-state index in [1.54, 1.807) is 7.11 Å². The zero-order valence-electron chi connectivity index (χ0n) is 20.2. The lowest BCUT2D eigenvalue weighted by Crippen LogP contribution is -2.33. The second-order valence-corrected chi connectivity index (χ2v) is 9.10. The molecule has 1 aromatic heterocycles. The van der Waals surface area contributed by atoms with Crippen LogP contribution >= 0.6 is 0 Å². The summed E-state index contributed by atoms with van der Waals surface area (Å²) in [6.07, 6.45) is 5.97. The van der Waals surface area contributed by atoms with Crippen LogP contribution in [0.1, 0.15) is 65.6 Å². The van der Waals surface area contributed by atoms with Gasteiger partial charge in [-0.2, -0.15) is 0 Å². The Hall–Kier alpha value is -2.69. The maximum absolute atomic E-state index is 11.9. The average Bonchev–Trinajstić information content (AvgIpc) is 3.00. The summed E-state index contributed by atoms with van der Waals surface area (Å²) in [6, 6.07) is 6.19. The molecule has 0 fully saturated rings. The fraction of sp³-hybridized carbons (Fsp3) is 0.500. The van der Waals surface area contributed by atoms with Crippen molar-refractivity contribution in [3.8, 4) is 5.75 Å². The molecule has 1 atom stereocenters. The summed E-state index contributed by atoms with van der Waals surface area (Å²) < 4.78 is 13.1. The Labute approximate surface area is 187 Å². The van der Waals surface area contributed by atoms with Crippen LogP contribution in [0.25, 0.3) is 22.6 Å². The maximum Gasteiger partial charge on any atom is 0.407 e. The Bertz CT molecular complexity index is 948. The van der Waals surface area contributed by atoms with E-state index < -0.39 is 5.60 Å². The van der Waals surface area contributed by atoms with E-state index in [9.17, 15) is 4.79 Å². The number of rotatable bonds is 9. The van der Waals surface area contributed by atoms with Gasteiger partial charge in [0.2, 0.25) is 0 Å². The lowest BCUT2D eigenvalue weighted by molar-refractivity contribution is 0.0526. The molecule has 0 aliphatic rings. The molecule has 0 bridgehead atoms. The third kappa shape index (κ3) is 6.65. The molecule has 5 heteroatoms. The fourth-order valence-corrected chi connectivity index (χ4v) is 3.48. The molecule has 170 valence electrons. The largest absolute Gasteiger partial charge is 0.497 e. The molecule has 1 N–H and O–H groups in total. The number of hydrogen-bond acceptors (Lipinski definition) is 3. The summed E-state index contributed by atoms with van der Waals surface area (Å²) in [5.74, 6) is 1.33. The molecule has 2 aromatic rings. The van der Waals surface area contributed by atoms with Crippen LogP contribution in [-0.2, 0) is 11.3 Å². The normalized spacial score (nSPS) is 12.9. The zero-order chi connectivity index (χ0) is 23.2. The smallest absolute Gasteiger partial charge is 0.407 e. The van der Waals surface area contributed by atoms with Crippen LogP contribution in [0.2, 0.25) is 0 Å². The van der Waals surface area contributed by atoms with E-state index in [2.05, 4.69) is 54.6 Å². The van der Waals surface area contributed by atoms with Crippen LogP contribution in [0.15, 0.2) is 30.9 Å². The third-order valence-electron chi connectivity index (χ3n) is 5.18. The minimum atomic E-state index is -0.499. The number of amides is 1. The van der Waals surface area contributed by atoms with Crippen LogP contribution in [0, 0.1) is 5.92 Å². The van der Waals surface area contributed by atoms with Crippen molar-refractivity contribution in [3.05, 3.63) is 42.1 Å². The standard InChI is InChI=1S/C26H38N2O3/c1-9-19(4)11-13-22-21-14-12-20(30-8)17-23(21)28(24(22)18(2)3)16-10-15-27-25(29)31-26(5,6)7/h11-14,17,19H,2,9-10,15-16H2,1,3-8H3,(H,27,29)/b13-11-. The highest BCUT2D eigenvalue weighted by Crippen LogP contribution is 2.34. The first kappa shape index (κ1) is 24.6. The van der Waals surface area contributed by atoms with Gasteiger partial charge in [0.25, 0.3) is 0 Å². The summed E-state index contributed by atoms with van der Waals surface area (Å²) in [6.45, 7) is 17.6. The Morgan fingerprint density at radius 2 is 2.03 bits per heavy atom. The topological polar surface area (TPSA) is 52.5 Å². The number of aromatic nitrogens is 1. The first-order valence-corrected chi connectivity index (χ1v) is 11.1. The van der Waals surface area contributed by atoms with Crippen LogP contribution in [0.3, 0.4) is 0 Å². The molecule has 5 nitrogen and oxygen atoms in total. The summed E-state index contributed by atoms with van der Waals surface area (Å²) in [5.41, 5.74) is 3.93. The molecule has 1 heterocycles. The monoisotopic (exact) mass is 426 g/mol. The van der Waals surface area contributed by atoms with Gasteiger partial charge in [-0.1, -0.05) is 39.0 Å². The van der Waals surface area contributed by atoms with Crippen molar-refractivity contribution in [2.75, 3.05) is 13.7 Å². The predicted molar refractivity (Wildman–Crippen MR) is 131 cm³/mol. The lowest BCUT2D eigenvalue weighted by Gasteiger charge is -2.19. The number of hydrogen-bond donors (Lipinski definition) is 1. The minimum Gasteiger partial charge on any atom is -0.497 e. The van der Waals surface area contributed by atoms with Gasteiger partial charge in [-0.15, -0.1) is 0 Å². The number of benzene rings is 1. The van der Waals surface area contributed by atoms with Crippen molar-refractivity contribution in [2.45, 2.75) is 66.5 Å². The summed E-state index contributed by atoms with van der Waals surface area (Å²) in [7, 11) is 1.68. The molecule has 2 rings (SSSR count). The SMILES string of the molecule is C=C(C)c1c(/C=C\C(C)CC)c2ccc(OC)cc2n1CCCNC(=O)OC(C)(C)C. The van der Waals surface area contributed by atoms with Crippen LogP contribution in [-0.4, -0.2) is 29.9 Å². The molecule has 1 unspecified atom stereocenters. The van der Waals surface area contributed by atoms with Crippen molar-refractivity contribution in [1.82, 2.24) is 9.88 Å². The lowest BCUT2D eigenvalue weighted by atomic mass is 10.0. The number of nitrogens with zero attached hydrogens (tertiary/aromatic N) is 1. The number of ether oxygens (including phenoxy) is 2. The Morgan fingerprint density at radius 3 is 2.61 bits per heavy atom. The number of carbonyl (C=O) groups is 1. The molecule has 0 saturated heterocycles. The molecule has 1 aromatic carbocycles. The molecule has 0 spiro atoms. The van der Waals surface area contributed by atoms with Gasteiger partial charge in [0.15, 0.2) is 0 Å². The number of fused-ring (bicyclic) bond motifs is 1. The van der Waals surface area contributed by atoms with Gasteiger partial charge < -0.3 is 19.4 Å². The van der Waals surface area contributed by atoms with Crippen molar-refractivity contribution in [2.24, 2.45) is 5.92 Å². The minimum absolute atomic E-state index is 0.385. The van der Waals surface area contributed by atoms with Gasteiger partial charge in [-0.3, -0.25) is 0 Å². The van der Waals surface area contributed by atoms with Crippen molar-refractivity contribution in [3.63, 3.8) is 0 Å². The third-order valence-corrected chi connectivity index (χ3v) is 5.18. The van der Waals surface area contributed by atoms with Gasteiger partial charge in [0.05, 0.1) is 18.3 Å². The van der Waals surface area contributed by atoms with Crippen molar-refractivity contribution in [1.29, 1.82) is 0 Å². The van der Waals surface area contributed by atoms with Crippen LogP contribution < -0.4 is 10.1 Å². The van der Waals surface area contributed by atoms with E-state index in [4.69, 9.17) is 9.47 Å². The van der Waals surface area contributed by atoms with Crippen LogP contribution in [0.4, 0.5) is 4.79 Å². The van der Waals surface area contributed by atoms with E-state index in [0.29, 0.717) is 12.5 Å². The first-order valence-electron chi connectivity index (χ1n) is 11.1. The van der Waals surface area contributed by atoms with Crippen molar-refractivity contribution >= 4 is 28.6 Å². The predicted octanol–water partition coefficient (Wildman–Crippen LogP) is 6.66. The Morgan fingerprint density at radius 1 is 1.32 bits per heavy atom. The maximum atomic E-state index is 11.9. The Balaban J connectivity index is 2.35. The number of methoxy groups -OCH3 is 1. The quantitative estimate of drug-likeness (QED) is 0.456. The number of aryl methyl sites for hydroxylation is 1. The number of nitrogens with one attached hydrogen (secondary N) is 1. The molecule has 1 amide bonds.